The third-order valence-corrected chi connectivity index (χ3v) is 5.03. The Kier molecular flexibility index (Phi) is 4.00. The van der Waals surface area contributed by atoms with Gasteiger partial charge in [-0.25, -0.2) is 0 Å². The molecule has 1 amide bonds. The van der Waals surface area contributed by atoms with Crippen molar-refractivity contribution < 1.29 is 14.3 Å². The number of allylic oxidation sites excluding steroid dienone is 2. The largest absolute Gasteiger partial charge is 0.497 e. The number of ketones is 1. The van der Waals surface area contributed by atoms with Crippen LogP contribution in [0.2, 0.25) is 0 Å². The fourth-order valence-electron chi connectivity index (χ4n) is 3.93. The maximum absolute atomic E-state index is 12.6. The molecule has 1 fully saturated rings. The molecule has 0 radical (unpaired) electrons. The van der Waals surface area contributed by atoms with Gasteiger partial charge in [-0.2, -0.15) is 0 Å². The number of ether oxygens (including phenoxy) is 1. The van der Waals surface area contributed by atoms with Crippen LogP contribution in [0.3, 0.4) is 0 Å². The van der Waals surface area contributed by atoms with Crippen molar-refractivity contribution in [3.8, 4) is 5.75 Å². The van der Waals surface area contributed by atoms with Crippen LogP contribution in [0.4, 0.5) is 0 Å². The number of amides is 1. The van der Waals surface area contributed by atoms with Crippen molar-refractivity contribution in [2.24, 2.45) is 5.41 Å². The predicted molar refractivity (Wildman–Crippen MR) is 87.8 cm³/mol. The first kappa shape index (κ1) is 15.8. The van der Waals surface area contributed by atoms with E-state index in [2.05, 4.69) is 6.92 Å². The van der Waals surface area contributed by atoms with E-state index in [1.807, 2.05) is 29.2 Å². The first-order chi connectivity index (χ1) is 10.9. The second-order valence-corrected chi connectivity index (χ2v) is 6.81. The summed E-state index contributed by atoms with van der Waals surface area (Å²) in [6, 6.07) is 7.75. The number of Topliss-reactive ketones (excluding diaryl/α,β-unsaturated/α-hetero) is 1. The Hall–Kier alpha value is -2.10. The smallest absolute Gasteiger partial charge is 0.228 e. The molecule has 1 aliphatic carbocycles. The average Bonchev–Trinajstić information content (AvgIpc) is 2.77. The van der Waals surface area contributed by atoms with Crippen LogP contribution in [0.15, 0.2) is 35.5 Å². The molecule has 122 valence electrons. The molecule has 1 saturated heterocycles. The highest BCUT2D eigenvalue weighted by molar-refractivity contribution is 5.96. The van der Waals surface area contributed by atoms with Crippen molar-refractivity contribution in [3.63, 3.8) is 0 Å². The van der Waals surface area contributed by atoms with Gasteiger partial charge in [-0.15, -0.1) is 0 Å². The Morgan fingerprint density at radius 1 is 1.39 bits per heavy atom. The first-order valence-electron chi connectivity index (χ1n) is 8.12. The molecule has 23 heavy (non-hydrogen) atoms. The monoisotopic (exact) mass is 313 g/mol. The molecule has 0 bridgehead atoms. The van der Waals surface area contributed by atoms with Gasteiger partial charge in [0.1, 0.15) is 5.75 Å². The molecular formula is C19H23NO3. The van der Waals surface area contributed by atoms with Crippen LogP contribution in [0.5, 0.6) is 5.75 Å². The summed E-state index contributed by atoms with van der Waals surface area (Å²) in [6.45, 7) is 4.23. The first-order valence-corrected chi connectivity index (χ1v) is 8.12. The minimum absolute atomic E-state index is 0.0938. The van der Waals surface area contributed by atoms with Crippen molar-refractivity contribution >= 4 is 11.7 Å². The topological polar surface area (TPSA) is 46.6 Å². The standard InChI is InChI=1S/C19H23NO3/c1-13(21)16-8-5-9-19(2)11-17(22)20(18(16)19)12-14-6-4-7-15(10-14)23-3/h4,6-7,10H,5,8-9,11-12H2,1-3H3. The van der Waals surface area contributed by atoms with Gasteiger partial charge in [0.15, 0.2) is 5.78 Å². The molecule has 1 heterocycles. The van der Waals surface area contributed by atoms with Crippen LogP contribution in [-0.2, 0) is 16.1 Å². The summed E-state index contributed by atoms with van der Waals surface area (Å²) in [5, 5.41) is 0. The summed E-state index contributed by atoms with van der Waals surface area (Å²) in [7, 11) is 1.63. The van der Waals surface area contributed by atoms with Gasteiger partial charge in [-0.3, -0.25) is 9.59 Å². The molecule has 0 aromatic heterocycles. The molecule has 0 saturated carbocycles. The lowest BCUT2D eigenvalue weighted by Crippen LogP contribution is -2.30. The third-order valence-electron chi connectivity index (χ3n) is 5.03. The van der Waals surface area contributed by atoms with Gasteiger partial charge in [0.25, 0.3) is 0 Å². The summed E-state index contributed by atoms with van der Waals surface area (Å²) >= 11 is 0. The van der Waals surface area contributed by atoms with E-state index in [9.17, 15) is 9.59 Å². The van der Waals surface area contributed by atoms with Gasteiger partial charge in [0.05, 0.1) is 13.7 Å². The fourth-order valence-corrected chi connectivity index (χ4v) is 3.93. The number of nitrogens with zero attached hydrogens (tertiary/aromatic N) is 1. The van der Waals surface area contributed by atoms with Crippen molar-refractivity contribution in [2.45, 2.75) is 46.1 Å². The quantitative estimate of drug-likeness (QED) is 0.855. The molecule has 1 aliphatic heterocycles. The van der Waals surface area contributed by atoms with E-state index in [-0.39, 0.29) is 17.1 Å². The van der Waals surface area contributed by atoms with E-state index >= 15 is 0 Å². The van der Waals surface area contributed by atoms with E-state index in [1.54, 1.807) is 14.0 Å². The molecule has 0 spiro atoms. The van der Waals surface area contributed by atoms with E-state index in [0.717, 1.165) is 41.8 Å². The number of carbonyl (C=O) groups is 2. The number of rotatable bonds is 4. The van der Waals surface area contributed by atoms with E-state index < -0.39 is 0 Å². The Morgan fingerprint density at radius 3 is 2.87 bits per heavy atom. The summed E-state index contributed by atoms with van der Waals surface area (Å²) < 4.78 is 5.26. The molecule has 1 aromatic carbocycles. The van der Waals surface area contributed by atoms with E-state index in [1.165, 1.54) is 0 Å². The van der Waals surface area contributed by atoms with Gasteiger partial charge in [-0.1, -0.05) is 19.1 Å². The van der Waals surface area contributed by atoms with Gasteiger partial charge in [0.2, 0.25) is 5.91 Å². The van der Waals surface area contributed by atoms with E-state index in [0.29, 0.717) is 13.0 Å². The zero-order valence-electron chi connectivity index (χ0n) is 14.0. The molecule has 1 atom stereocenters. The lowest BCUT2D eigenvalue weighted by Gasteiger charge is -2.34. The predicted octanol–water partition coefficient (Wildman–Crippen LogP) is 3.46. The number of likely N-dealkylation sites (tertiary alicyclic amines) is 1. The lowest BCUT2D eigenvalue weighted by atomic mass is 9.74. The van der Waals surface area contributed by atoms with Crippen LogP contribution in [0.1, 0.15) is 45.1 Å². The van der Waals surface area contributed by atoms with Crippen LogP contribution in [-0.4, -0.2) is 23.7 Å². The van der Waals surface area contributed by atoms with Gasteiger partial charge < -0.3 is 9.64 Å². The number of fused-ring (bicyclic) bond motifs is 1. The normalized spacial score (nSPS) is 24.0. The third kappa shape index (κ3) is 2.78. The number of hydrogen-bond acceptors (Lipinski definition) is 3. The summed E-state index contributed by atoms with van der Waals surface area (Å²) in [5.41, 5.74) is 2.63. The minimum atomic E-state index is -0.185. The van der Waals surface area contributed by atoms with Gasteiger partial charge in [0, 0.05) is 23.1 Å². The minimum Gasteiger partial charge on any atom is -0.497 e. The van der Waals surface area contributed by atoms with Crippen LogP contribution >= 0.6 is 0 Å². The maximum atomic E-state index is 12.6. The number of hydrogen-bond donors (Lipinski definition) is 0. The second-order valence-electron chi connectivity index (χ2n) is 6.81. The Bertz CT molecular complexity index is 692. The number of carbonyl (C=O) groups excluding carboxylic acids is 2. The van der Waals surface area contributed by atoms with Crippen molar-refractivity contribution in [1.29, 1.82) is 0 Å². The summed E-state index contributed by atoms with van der Waals surface area (Å²) in [6.07, 6.45) is 3.24. The van der Waals surface area contributed by atoms with Crippen LogP contribution in [0, 0.1) is 5.41 Å². The van der Waals surface area contributed by atoms with Crippen molar-refractivity contribution in [3.05, 3.63) is 41.1 Å². The Balaban J connectivity index is 2.00. The molecule has 4 heteroatoms. The highest BCUT2D eigenvalue weighted by Gasteiger charge is 2.47. The van der Waals surface area contributed by atoms with Crippen LogP contribution < -0.4 is 4.74 Å². The zero-order chi connectivity index (χ0) is 16.6. The fraction of sp³-hybridized carbons (Fsp3) is 0.474. The molecule has 0 N–H and O–H groups in total. The lowest BCUT2D eigenvalue weighted by molar-refractivity contribution is -0.127. The van der Waals surface area contributed by atoms with Crippen molar-refractivity contribution in [2.75, 3.05) is 7.11 Å². The zero-order valence-corrected chi connectivity index (χ0v) is 14.0. The second kappa shape index (κ2) is 5.84. The van der Waals surface area contributed by atoms with Gasteiger partial charge in [-0.05, 0) is 43.9 Å². The molecule has 3 rings (SSSR count). The molecular weight excluding hydrogens is 290 g/mol. The summed E-state index contributed by atoms with van der Waals surface area (Å²) in [5.74, 6) is 0.989. The van der Waals surface area contributed by atoms with E-state index in [4.69, 9.17) is 4.74 Å². The van der Waals surface area contributed by atoms with Crippen LogP contribution in [0.25, 0.3) is 0 Å². The van der Waals surface area contributed by atoms with Gasteiger partial charge >= 0.3 is 0 Å². The molecule has 1 unspecified atom stereocenters. The van der Waals surface area contributed by atoms with Crippen molar-refractivity contribution in [1.82, 2.24) is 4.90 Å². The molecule has 4 nitrogen and oxygen atoms in total. The highest BCUT2D eigenvalue weighted by Crippen LogP contribution is 2.50. The summed E-state index contributed by atoms with van der Waals surface area (Å²) in [4.78, 5) is 26.5. The number of benzene rings is 1. The maximum Gasteiger partial charge on any atom is 0.228 e. The Labute approximate surface area is 137 Å². The highest BCUT2D eigenvalue weighted by atomic mass is 16.5. The molecule has 1 aromatic rings. The molecule has 2 aliphatic rings. The number of methoxy groups -OCH3 is 1. The SMILES string of the molecule is COc1cccc(CN2C(=O)CC3(C)CCCC(C(C)=O)=C23)c1. The Morgan fingerprint density at radius 2 is 2.17 bits per heavy atom. The average molecular weight is 313 g/mol.